The summed E-state index contributed by atoms with van der Waals surface area (Å²) >= 11 is 7.81. The van der Waals surface area contributed by atoms with Crippen molar-refractivity contribution in [3.05, 3.63) is 81.7 Å². The van der Waals surface area contributed by atoms with Gasteiger partial charge in [0, 0.05) is 19.7 Å². The first-order valence-electron chi connectivity index (χ1n) is 7.85. The Morgan fingerprint density at radius 2 is 0.833 bits per heavy atom. The van der Waals surface area contributed by atoms with Crippen LogP contribution in [0.4, 0.5) is 0 Å². The summed E-state index contributed by atoms with van der Waals surface area (Å²) in [7, 11) is 0. The normalized spacial score (nSPS) is 11.8. The van der Waals surface area contributed by atoms with Crippen LogP contribution >= 0.6 is 31.9 Å². The molecule has 0 bridgehead atoms. The Kier molecular flexibility index (Phi) is 3.19. The van der Waals surface area contributed by atoms with Crippen molar-refractivity contribution in [2.45, 2.75) is 0 Å². The summed E-state index contributed by atoms with van der Waals surface area (Å²) < 4.78 is 2.33. The number of fused-ring (bicyclic) bond motifs is 6. The third-order valence-corrected chi connectivity index (χ3v) is 6.42. The summed E-state index contributed by atoms with van der Waals surface area (Å²) in [5.74, 6) is 0. The van der Waals surface area contributed by atoms with Crippen LogP contribution in [0.15, 0.2) is 81.7 Å². The molecule has 0 radical (unpaired) electrons. The van der Waals surface area contributed by atoms with Crippen LogP contribution in [0.25, 0.3) is 43.1 Å². The number of hydrogen-bond acceptors (Lipinski definition) is 0. The van der Waals surface area contributed by atoms with Gasteiger partial charge in [0.25, 0.3) is 0 Å². The van der Waals surface area contributed by atoms with E-state index < -0.39 is 0 Å². The lowest BCUT2D eigenvalue weighted by molar-refractivity contribution is 1.74. The summed E-state index contributed by atoms with van der Waals surface area (Å²) in [6.07, 6.45) is 0. The van der Waals surface area contributed by atoms with Crippen molar-refractivity contribution in [3.8, 4) is 0 Å². The standard InChI is InChI=1S/C22H12Br2/c23-21-18-12-10-14-6-2-4-8-16(14)20(18)22(24)17-11-9-13-5-1-3-7-15(13)19(17)21/h1-12H. The van der Waals surface area contributed by atoms with E-state index in [2.05, 4.69) is 105 Å². The molecule has 0 unspecified atom stereocenters. The van der Waals surface area contributed by atoms with E-state index in [-0.39, 0.29) is 0 Å². The van der Waals surface area contributed by atoms with E-state index in [1.54, 1.807) is 0 Å². The van der Waals surface area contributed by atoms with Crippen molar-refractivity contribution in [3.63, 3.8) is 0 Å². The summed E-state index contributed by atoms with van der Waals surface area (Å²) in [4.78, 5) is 0. The van der Waals surface area contributed by atoms with Crippen LogP contribution < -0.4 is 0 Å². The molecule has 0 aliphatic carbocycles. The third kappa shape index (κ3) is 1.90. The molecule has 0 amide bonds. The molecule has 24 heavy (non-hydrogen) atoms. The predicted octanol–water partition coefficient (Wildman–Crippen LogP) is 7.82. The van der Waals surface area contributed by atoms with Gasteiger partial charge < -0.3 is 0 Å². The van der Waals surface area contributed by atoms with Gasteiger partial charge in [0.05, 0.1) is 0 Å². The molecule has 2 heteroatoms. The lowest BCUT2D eigenvalue weighted by atomic mass is 9.95. The van der Waals surface area contributed by atoms with E-state index in [1.165, 1.54) is 52.0 Å². The Bertz CT molecular complexity index is 1170. The van der Waals surface area contributed by atoms with Crippen molar-refractivity contribution in [2.75, 3.05) is 0 Å². The van der Waals surface area contributed by atoms with Gasteiger partial charge in [0.2, 0.25) is 0 Å². The zero-order valence-electron chi connectivity index (χ0n) is 12.7. The largest absolute Gasteiger partial charge is 0.0616 e. The number of halogens is 2. The maximum Gasteiger partial charge on any atom is 0.0339 e. The van der Waals surface area contributed by atoms with Gasteiger partial charge in [0.15, 0.2) is 0 Å². The van der Waals surface area contributed by atoms with Crippen LogP contribution in [0.2, 0.25) is 0 Å². The van der Waals surface area contributed by atoms with Crippen LogP contribution in [0.3, 0.4) is 0 Å². The molecule has 0 aliphatic rings. The second-order valence-corrected chi connectivity index (χ2v) is 7.63. The van der Waals surface area contributed by atoms with Gasteiger partial charge in [-0.25, -0.2) is 0 Å². The van der Waals surface area contributed by atoms with E-state index >= 15 is 0 Å². The highest BCUT2D eigenvalue weighted by Crippen LogP contribution is 2.44. The van der Waals surface area contributed by atoms with Crippen LogP contribution in [0.5, 0.6) is 0 Å². The minimum atomic E-state index is 1.17. The Morgan fingerprint density at radius 1 is 0.417 bits per heavy atom. The molecule has 0 fully saturated rings. The minimum absolute atomic E-state index is 1.17. The summed E-state index contributed by atoms with van der Waals surface area (Å²) in [5.41, 5.74) is 0. The molecule has 5 aromatic carbocycles. The minimum Gasteiger partial charge on any atom is -0.0616 e. The van der Waals surface area contributed by atoms with Crippen molar-refractivity contribution in [1.29, 1.82) is 0 Å². The molecule has 0 aromatic heterocycles. The van der Waals surface area contributed by atoms with Gasteiger partial charge in [-0.3, -0.25) is 0 Å². The van der Waals surface area contributed by atoms with Gasteiger partial charge in [0.1, 0.15) is 0 Å². The summed E-state index contributed by atoms with van der Waals surface area (Å²) in [5, 5.41) is 10.1. The first kappa shape index (κ1) is 14.4. The Morgan fingerprint density at radius 3 is 1.29 bits per heavy atom. The highest BCUT2D eigenvalue weighted by molar-refractivity contribution is 9.11. The average molecular weight is 436 g/mol. The van der Waals surface area contributed by atoms with Crippen LogP contribution in [0.1, 0.15) is 0 Å². The van der Waals surface area contributed by atoms with Gasteiger partial charge >= 0.3 is 0 Å². The predicted molar refractivity (Wildman–Crippen MR) is 112 cm³/mol. The quantitative estimate of drug-likeness (QED) is 0.172. The van der Waals surface area contributed by atoms with Crippen molar-refractivity contribution < 1.29 is 0 Å². The topological polar surface area (TPSA) is 0 Å². The maximum atomic E-state index is 3.90. The fraction of sp³-hybridized carbons (Fsp3) is 0. The molecule has 0 aliphatic heterocycles. The van der Waals surface area contributed by atoms with Crippen LogP contribution in [-0.2, 0) is 0 Å². The molecule has 0 saturated carbocycles. The summed E-state index contributed by atoms with van der Waals surface area (Å²) in [6, 6.07) is 25.9. The van der Waals surface area contributed by atoms with E-state index in [0.717, 1.165) is 0 Å². The highest BCUT2D eigenvalue weighted by Gasteiger charge is 2.15. The zero-order chi connectivity index (χ0) is 16.3. The van der Waals surface area contributed by atoms with Crippen LogP contribution in [-0.4, -0.2) is 0 Å². The van der Waals surface area contributed by atoms with E-state index in [0.29, 0.717) is 0 Å². The van der Waals surface area contributed by atoms with Gasteiger partial charge in [-0.05, 0) is 64.2 Å². The number of rotatable bonds is 0. The molecule has 0 N–H and O–H groups in total. The smallest absolute Gasteiger partial charge is 0.0339 e. The second-order valence-electron chi connectivity index (χ2n) is 6.05. The second kappa shape index (κ2) is 5.30. The average Bonchev–Trinajstić information content (AvgIpc) is 2.64. The Labute approximate surface area is 156 Å². The number of benzene rings is 5. The van der Waals surface area contributed by atoms with E-state index in [4.69, 9.17) is 0 Å². The fourth-order valence-electron chi connectivity index (χ4n) is 3.65. The molecule has 0 spiro atoms. The zero-order valence-corrected chi connectivity index (χ0v) is 15.9. The SMILES string of the molecule is Brc1c2ccc3ccccc3c2c(Br)c2ccc3ccccc3c12. The Hall–Kier alpha value is -1.90. The van der Waals surface area contributed by atoms with Gasteiger partial charge in [-0.2, -0.15) is 0 Å². The molecule has 114 valence electrons. The van der Waals surface area contributed by atoms with E-state index in [9.17, 15) is 0 Å². The van der Waals surface area contributed by atoms with Gasteiger partial charge in [-0.15, -0.1) is 0 Å². The molecule has 0 heterocycles. The monoisotopic (exact) mass is 434 g/mol. The molecule has 5 rings (SSSR count). The maximum absolute atomic E-state index is 3.90. The van der Waals surface area contributed by atoms with E-state index in [1.807, 2.05) is 0 Å². The first-order valence-corrected chi connectivity index (χ1v) is 9.44. The molecule has 5 aromatic rings. The lowest BCUT2D eigenvalue weighted by Crippen LogP contribution is -1.86. The highest BCUT2D eigenvalue weighted by atomic mass is 79.9. The molecular formula is C22H12Br2. The number of hydrogen-bond donors (Lipinski definition) is 0. The van der Waals surface area contributed by atoms with Crippen LogP contribution in [0, 0.1) is 0 Å². The van der Waals surface area contributed by atoms with Crippen molar-refractivity contribution in [1.82, 2.24) is 0 Å². The first-order chi connectivity index (χ1) is 11.8. The lowest BCUT2D eigenvalue weighted by Gasteiger charge is -2.14. The van der Waals surface area contributed by atoms with Gasteiger partial charge in [-0.1, -0.05) is 72.8 Å². The molecule has 0 atom stereocenters. The third-order valence-electron chi connectivity index (χ3n) is 4.77. The molecule has 0 nitrogen and oxygen atoms in total. The molecule has 0 saturated heterocycles. The Balaban J connectivity index is 2.13. The fourth-order valence-corrected chi connectivity index (χ4v) is 5.17. The van der Waals surface area contributed by atoms with Crippen molar-refractivity contribution >= 4 is 74.9 Å². The van der Waals surface area contributed by atoms with Crippen molar-refractivity contribution in [2.24, 2.45) is 0 Å². The summed E-state index contributed by atoms with van der Waals surface area (Å²) in [6.45, 7) is 0. The molecular weight excluding hydrogens is 424 g/mol.